The average Bonchev–Trinajstić information content (AvgIpc) is 2.42. The van der Waals surface area contributed by atoms with E-state index in [1.807, 2.05) is 19.2 Å². The third-order valence-electron chi connectivity index (χ3n) is 3.40. The maximum absolute atomic E-state index is 12.4. The van der Waals surface area contributed by atoms with Crippen LogP contribution in [0.4, 0.5) is 0 Å². The van der Waals surface area contributed by atoms with Gasteiger partial charge in [0.05, 0.1) is 5.56 Å². The Labute approximate surface area is 127 Å². The lowest BCUT2D eigenvalue weighted by Gasteiger charge is -2.27. The third kappa shape index (κ3) is 3.97. The highest BCUT2D eigenvalue weighted by molar-refractivity contribution is 9.10. The Morgan fingerprint density at radius 2 is 2.16 bits per heavy atom. The van der Waals surface area contributed by atoms with Crippen LogP contribution in [0.1, 0.15) is 23.2 Å². The highest BCUT2D eigenvalue weighted by Gasteiger charge is 2.20. The molecule has 0 N–H and O–H groups in total. The maximum atomic E-state index is 12.4. The fraction of sp³-hybridized carbons (Fsp3) is 0.500. The zero-order valence-corrected chi connectivity index (χ0v) is 13.4. The Balaban J connectivity index is 2.03. The van der Waals surface area contributed by atoms with Crippen LogP contribution in [0.2, 0.25) is 0 Å². The quantitative estimate of drug-likeness (QED) is 0.853. The number of rotatable bonds is 3. The molecule has 0 aromatic heterocycles. The van der Waals surface area contributed by atoms with Gasteiger partial charge in [0, 0.05) is 36.2 Å². The lowest BCUT2D eigenvalue weighted by molar-refractivity contribution is 0.0497. The fourth-order valence-corrected chi connectivity index (χ4v) is 2.90. The lowest BCUT2D eigenvalue weighted by Crippen LogP contribution is -2.34. The largest absolute Gasteiger partial charge is 0.381 e. The van der Waals surface area contributed by atoms with Gasteiger partial charge in [-0.3, -0.25) is 4.79 Å². The van der Waals surface area contributed by atoms with E-state index in [9.17, 15) is 4.79 Å². The molecule has 0 unspecified atom stereocenters. The Morgan fingerprint density at radius 1 is 1.47 bits per heavy atom. The SMILES string of the molecule is CN(CC1CCOCC1)C(=O)c1cc(S)ccc1Br. The van der Waals surface area contributed by atoms with Crippen LogP contribution >= 0.6 is 28.6 Å². The van der Waals surface area contributed by atoms with Crippen LogP contribution in [0.3, 0.4) is 0 Å². The normalized spacial score (nSPS) is 16.4. The van der Waals surface area contributed by atoms with Crippen LogP contribution in [-0.2, 0) is 4.74 Å². The number of amides is 1. The summed E-state index contributed by atoms with van der Waals surface area (Å²) in [4.78, 5) is 15.0. The molecule has 1 aromatic carbocycles. The molecule has 1 fully saturated rings. The first-order valence-electron chi connectivity index (χ1n) is 6.39. The lowest BCUT2D eigenvalue weighted by atomic mass is 9.99. The molecule has 1 amide bonds. The molecule has 1 heterocycles. The van der Waals surface area contributed by atoms with Gasteiger partial charge in [0.1, 0.15) is 0 Å². The van der Waals surface area contributed by atoms with Gasteiger partial charge in [0.2, 0.25) is 0 Å². The zero-order valence-electron chi connectivity index (χ0n) is 10.9. The molecule has 19 heavy (non-hydrogen) atoms. The molecule has 0 spiro atoms. The first kappa shape index (κ1) is 14.9. The Hall–Kier alpha value is -0.520. The van der Waals surface area contributed by atoms with Crippen molar-refractivity contribution in [3.8, 4) is 0 Å². The van der Waals surface area contributed by atoms with Crippen LogP contribution in [0, 0.1) is 5.92 Å². The number of hydrogen-bond donors (Lipinski definition) is 1. The predicted molar refractivity (Wildman–Crippen MR) is 81.9 cm³/mol. The number of hydrogen-bond acceptors (Lipinski definition) is 3. The number of carbonyl (C=O) groups is 1. The van der Waals surface area contributed by atoms with Crippen molar-refractivity contribution in [1.29, 1.82) is 0 Å². The van der Waals surface area contributed by atoms with E-state index in [-0.39, 0.29) is 5.91 Å². The summed E-state index contributed by atoms with van der Waals surface area (Å²) in [6.07, 6.45) is 2.07. The molecular weight excluding hydrogens is 326 g/mol. The van der Waals surface area contributed by atoms with Crippen molar-refractivity contribution in [2.45, 2.75) is 17.7 Å². The summed E-state index contributed by atoms with van der Waals surface area (Å²) in [6, 6.07) is 5.52. The van der Waals surface area contributed by atoms with Crippen molar-refractivity contribution < 1.29 is 9.53 Å². The number of ether oxygens (including phenoxy) is 1. The summed E-state index contributed by atoms with van der Waals surface area (Å²) in [5.41, 5.74) is 0.669. The van der Waals surface area contributed by atoms with Gasteiger partial charge >= 0.3 is 0 Å². The summed E-state index contributed by atoms with van der Waals surface area (Å²) >= 11 is 7.71. The van der Waals surface area contributed by atoms with Crippen LogP contribution in [0.25, 0.3) is 0 Å². The molecular formula is C14H18BrNO2S. The molecule has 0 bridgehead atoms. The summed E-state index contributed by atoms with van der Waals surface area (Å²) in [7, 11) is 1.86. The first-order valence-corrected chi connectivity index (χ1v) is 7.63. The summed E-state index contributed by atoms with van der Waals surface area (Å²) in [5, 5.41) is 0. The molecule has 1 aromatic rings. The molecule has 0 radical (unpaired) electrons. The number of nitrogens with zero attached hydrogens (tertiary/aromatic N) is 1. The maximum Gasteiger partial charge on any atom is 0.254 e. The molecule has 1 saturated heterocycles. The van der Waals surface area contributed by atoms with Crippen LogP contribution in [0.5, 0.6) is 0 Å². The number of carbonyl (C=O) groups excluding carboxylic acids is 1. The van der Waals surface area contributed by atoms with Gasteiger partial charge in [-0.2, -0.15) is 0 Å². The van der Waals surface area contributed by atoms with Gasteiger partial charge in [-0.15, -0.1) is 12.6 Å². The van der Waals surface area contributed by atoms with Crippen molar-refractivity contribution in [1.82, 2.24) is 4.90 Å². The molecule has 0 saturated carbocycles. The zero-order chi connectivity index (χ0) is 13.8. The van der Waals surface area contributed by atoms with E-state index in [1.165, 1.54) is 0 Å². The number of halogens is 1. The van der Waals surface area contributed by atoms with E-state index in [1.54, 1.807) is 11.0 Å². The van der Waals surface area contributed by atoms with Crippen LogP contribution in [0.15, 0.2) is 27.6 Å². The van der Waals surface area contributed by atoms with E-state index in [2.05, 4.69) is 28.6 Å². The molecule has 2 rings (SSSR count). The summed E-state index contributed by atoms with van der Waals surface area (Å²) in [6.45, 7) is 2.40. The highest BCUT2D eigenvalue weighted by atomic mass is 79.9. The van der Waals surface area contributed by atoms with Crippen LogP contribution in [-0.4, -0.2) is 37.6 Å². The second kappa shape index (κ2) is 6.77. The van der Waals surface area contributed by atoms with Gasteiger partial charge in [-0.25, -0.2) is 0 Å². The molecule has 5 heteroatoms. The summed E-state index contributed by atoms with van der Waals surface area (Å²) in [5.74, 6) is 0.579. The highest BCUT2D eigenvalue weighted by Crippen LogP contribution is 2.23. The molecule has 104 valence electrons. The van der Waals surface area contributed by atoms with Crippen molar-refractivity contribution in [2.24, 2.45) is 5.92 Å². The van der Waals surface area contributed by atoms with Gasteiger partial charge in [0.25, 0.3) is 5.91 Å². The second-order valence-electron chi connectivity index (χ2n) is 4.91. The standard InChI is InChI=1S/C14H18BrNO2S/c1-16(9-10-4-6-18-7-5-10)14(17)12-8-11(19)2-3-13(12)15/h2-3,8,10,19H,4-7,9H2,1H3. The fourth-order valence-electron chi connectivity index (χ4n) is 2.28. The summed E-state index contributed by atoms with van der Waals surface area (Å²) < 4.78 is 6.15. The van der Waals surface area contributed by atoms with E-state index in [0.29, 0.717) is 11.5 Å². The number of benzene rings is 1. The van der Waals surface area contributed by atoms with Crippen LogP contribution < -0.4 is 0 Å². The molecule has 1 aliphatic rings. The minimum absolute atomic E-state index is 0.0364. The minimum Gasteiger partial charge on any atom is -0.381 e. The second-order valence-corrected chi connectivity index (χ2v) is 6.28. The van der Waals surface area contributed by atoms with Crippen molar-refractivity contribution >= 4 is 34.5 Å². The first-order chi connectivity index (χ1) is 9.08. The molecule has 0 atom stereocenters. The monoisotopic (exact) mass is 343 g/mol. The van der Waals surface area contributed by atoms with Gasteiger partial charge in [0.15, 0.2) is 0 Å². The van der Waals surface area contributed by atoms with Crippen molar-refractivity contribution in [3.05, 3.63) is 28.2 Å². The van der Waals surface area contributed by atoms with Gasteiger partial charge in [-0.1, -0.05) is 0 Å². The topological polar surface area (TPSA) is 29.5 Å². The molecule has 0 aliphatic carbocycles. The predicted octanol–water partition coefficient (Wildman–Crippen LogP) is 3.24. The Kier molecular flexibility index (Phi) is 5.30. The van der Waals surface area contributed by atoms with E-state index >= 15 is 0 Å². The van der Waals surface area contributed by atoms with E-state index in [4.69, 9.17) is 4.74 Å². The third-order valence-corrected chi connectivity index (χ3v) is 4.37. The Bertz CT molecular complexity index is 461. The minimum atomic E-state index is 0.0364. The van der Waals surface area contributed by atoms with E-state index < -0.39 is 0 Å². The average molecular weight is 344 g/mol. The number of thiol groups is 1. The van der Waals surface area contributed by atoms with Crippen molar-refractivity contribution in [2.75, 3.05) is 26.8 Å². The smallest absolute Gasteiger partial charge is 0.254 e. The van der Waals surface area contributed by atoms with Crippen molar-refractivity contribution in [3.63, 3.8) is 0 Å². The Morgan fingerprint density at radius 3 is 2.84 bits per heavy atom. The van der Waals surface area contributed by atoms with Gasteiger partial charge in [-0.05, 0) is 52.9 Å². The molecule has 3 nitrogen and oxygen atoms in total. The van der Waals surface area contributed by atoms with E-state index in [0.717, 1.165) is 42.0 Å². The van der Waals surface area contributed by atoms with Gasteiger partial charge < -0.3 is 9.64 Å². The molecule has 1 aliphatic heterocycles.